The van der Waals surface area contributed by atoms with Gasteiger partial charge in [0.15, 0.2) is 0 Å². The number of hydrogen-bond acceptors (Lipinski definition) is 3. The first-order valence-corrected chi connectivity index (χ1v) is 4.28. The van der Waals surface area contributed by atoms with Crippen LogP contribution in [0.5, 0.6) is 5.75 Å². The number of carbonyl (C=O) groups excluding carboxylic acids is 1. The third-order valence-corrected chi connectivity index (χ3v) is 2.58. The second-order valence-electron chi connectivity index (χ2n) is 3.31. The van der Waals surface area contributed by atoms with Gasteiger partial charge in [0.05, 0.1) is 5.92 Å². The molecule has 1 aromatic carbocycles. The molecule has 0 aliphatic carbocycles. The minimum atomic E-state index is -0.391. The Hall–Kier alpha value is -1.51. The van der Waals surface area contributed by atoms with E-state index in [4.69, 9.17) is 9.47 Å². The van der Waals surface area contributed by atoms with Crippen LogP contribution in [-0.2, 0) is 9.53 Å². The van der Waals surface area contributed by atoms with Gasteiger partial charge in [-0.05, 0) is 6.07 Å². The van der Waals surface area contributed by atoms with Crippen molar-refractivity contribution in [1.29, 1.82) is 0 Å². The molecule has 66 valence electrons. The topological polar surface area (TPSA) is 35.5 Å². The zero-order valence-electron chi connectivity index (χ0n) is 6.90. The molecular formula is C10H8O3. The predicted octanol–water partition coefficient (Wildman–Crippen LogP) is 1.09. The van der Waals surface area contributed by atoms with Crippen molar-refractivity contribution >= 4 is 5.97 Å². The number of cyclic esters (lactones) is 1. The number of esters is 1. The first-order valence-electron chi connectivity index (χ1n) is 4.28. The van der Waals surface area contributed by atoms with Crippen molar-refractivity contribution in [3.63, 3.8) is 0 Å². The first-order chi connectivity index (χ1) is 6.36. The Morgan fingerprint density at radius 1 is 1.31 bits per heavy atom. The molecule has 0 bridgehead atoms. The molecule has 0 N–H and O–H groups in total. The largest absolute Gasteiger partial charge is 0.478 e. The van der Waals surface area contributed by atoms with Crippen LogP contribution in [0.4, 0.5) is 0 Å². The summed E-state index contributed by atoms with van der Waals surface area (Å²) in [7, 11) is 0. The fourth-order valence-corrected chi connectivity index (χ4v) is 1.92. The predicted molar refractivity (Wildman–Crippen MR) is 44.6 cm³/mol. The van der Waals surface area contributed by atoms with Crippen molar-refractivity contribution < 1.29 is 14.3 Å². The molecule has 1 saturated heterocycles. The molecule has 0 amide bonds. The Labute approximate surface area is 75.3 Å². The molecule has 1 fully saturated rings. The van der Waals surface area contributed by atoms with Gasteiger partial charge in [-0.1, -0.05) is 18.2 Å². The monoisotopic (exact) mass is 176 g/mol. The lowest BCUT2D eigenvalue weighted by Gasteiger charge is -2.02. The summed E-state index contributed by atoms with van der Waals surface area (Å²) in [5.41, 5.74) is 1.10. The second kappa shape index (κ2) is 2.25. The molecular weight excluding hydrogens is 168 g/mol. The Kier molecular flexibility index (Phi) is 1.20. The van der Waals surface area contributed by atoms with Crippen LogP contribution in [-0.4, -0.2) is 18.7 Å². The molecule has 0 spiro atoms. The van der Waals surface area contributed by atoms with Gasteiger partial charge in [0.2, 0.25) is 6.10 Å². The van der Waals surface area contributed by atoms with Gasteiger partial charge in [-0.15, -0.1) is 0 Å². The summed E-state index contributed by atoms with van der Waals surface area (Å²) in [6, 6.07) is 7.74. The van der Waals surface area contributed by atoms with Crippen molar-refractivity contribution in [2.75, 3.05) is 6.61 Å². The van der Waals surface area contributed by atoms with E-state index in [0.29, 0.717) is 6.61 Å². The molecule has 0 aromatic heterocycles. The van der Waals surface area contributed by atoms with E-state index in [1.807, 2.05) is 24.3 Å². The lowest BCUT2D eigenvalue weighted by Crippen LogP contribution is -2.21. The highest BCUT2D eigenvalue weighted by Crippen LogP contribution is 2.41. The van der Waals surface area contributed by atoms with Crippen LogP contribution in [0.2, 0.25) is 0 Å². The normalized spacial score (nSPS) is 29.1. The van der Waals surface area contributed by atoms with Gasteiger partial charge in [0.25, 0.3) is 0 Å². The van der Waals surface area contributed by atoms with E-state index in [1.54, 1.807) is 0 Å². The third kappa shape index (κ3) is 0.813. The average molecular weight is 176 g/mol. The summed E-state index contributed by atoms with van der Waals surface area (Å²) in [5, 5.41) is 0. The number of hydrogen-bond donors (Lipinski definition) is 0. The van der Waals surface area contributed by atoms with E-state index in [2.05, 4.69) is 0 Å². The number of rotatable bonds is 0. The molecule has 1 aromatic rings. The van der Waals surface area contributed by atoms with Crippen LogP contribution in [0.1, 0.15) is 11.5 Å². The minimum Gasteiger partial charge on any atom is -0.478 e. The van der Waals surface area contributed by atoms with Crippen molar-refractivity contribution in [3.8, 4) is 5.75 Å². The number of carbonyl (C=O) groups is 1. The molecule has 2 heterocycles. The molecule has 2 aliphatic heterocycles. The Balaban J connectivity index is 2.09. The van der Waals surface area contributed by atoms with Crippen LogP contribution >= 0.6 is 0 Å². The number of ether oxygens (including phenoxy) is 2. The highest BCUT2D eigenvalue weighted by molar-refractivity contribution is 5.80. The highest BCUT2D eigenvalue weighted by atomic mass is 16.6. The third-order valence-electron chi connectivity index (χ3n) is 2.58. The summed E-state index contributed by atoms with van der Waals surface area (Å²) >= 11 is 0. The Morgan fingerprint density at radius 3 is 3.08 bits per heavy atom. The van der Waals surface area contributed by atoms with Gasteiger partial charge in [-0.25, -0.2) is 4.79 Å². The molecule has 2 aliphatic rings. The van der Waals surface area contributed by atoms with Gasteiger partial charge in [-0.3, -0.25) is 0 Å². The van der Waals surface area contributed by atoms with Crippen molar-refractivity contribution in [2.24, 2.45) is 0 Å². The Morgan fingerprint density at radius 2 is 2.15 bits per heavy atom. The fraction of sp³-hybridized carbons (Fsp3) is 0.300. The molecule has 3 heteroatoms. The van der Waals surface area contributed by atoms with Gasteiger partial charge in [-0.2, -0.15) is 0 Å². The van der Waals surface area contributed by atoms with Crippen molar-refractivity contribution in [2.45, 2.75) is 12.0 Å². The van der Waals surface area contributed by atoms with Gasteiger partial charge in [0, 0.05) is 5.56 Å². The molecule has 3 rings (SSSR count). The quantitative estimate of drug-likeness (QED) is 0.555. The van der Waals surface area contributed by atoms with Crippen molar-refractivity contribution in [3.05, 3.63) is 29.8 Å². The standard InChI is InChI=1S/C10H8O3/c11-10-9-7(5-12-10)6-3-1-2-4-8(6)13-9/h1-4,7,9H,5H2. The number of fused-ring (bicyclic) bond motifs is 3. The maximum absolute atomic E-state index is 11.2. The van der Waals surface area contributed by atoms with Crippen LogP contribution in [0.25, 0.3) is 0 Å². The molecule has 0 radical (unpaired) electrons. The van der Waals surface area contributed by atoms with Crippen LogP contribution < -0.4 is 4.74 Å². The van der Waals surface area contributed by atoms with Crippen LogP contribution in [0, 0.1) is 0 Å². The maximum atomic E-state index is 11.2. The van der Waals surface area contributed by atoms with E-state index < -0.39 is 6.10 Å². The lowest BCUT2D eigenvalue weighted by atomic mass is 9.98. The lowest BCUT2D eigenvalue weighted by molar-refractivity contribution is -0.143. The van der Waals surface area contributed by atoms with E-state index in [1.165, 1.54) is 0 Å². The first kappa shape index (κ1) is 6.95. The summed E-state index contributed by atoms with van der Waals surface area (Å²) in [6.45, 7) is 0.459. The van der Waals surface area contributed by atoms with E-state index in [9.17, 15) is 4.79 Å². The summed E-state index contributed by atoms with van der Waals surface area (Å²) < 4.78 is 10.4. The second-order valence-corrected chi connectivity index (χ2v) is 3.31. The maximum Gasteiger partial charge on any atom is 0.348 e. The van der Waals surface area contributed by atoms with Gasteiger partial charge < -0.3 is 9.47 Å². The van der Waals surface area contributed by atoms with Crippen LogP contribution in [0.3, 0.4) is 0 Å². The van der Waals surface area contributed by atoms with E-state index >= 15 is 0 Å². The molecule has 2 atom stereocenters. The molecule has 0 saturated carbocycles. The Bertz CT molecular complexity index is 372. The number of benzene rings is 1. The molecule has 13 heavy (non-hydrogen) atoms. The van der Waals surface area contributed by atoms with E-state index in [0.717, 1.165) is 11.3 Å². The van der Waals surface area contributed by atoms with Gasteiger partial charge in [0.1, 0.15) is 12.4 Å². The molecule has 3 nitrogen and oxygen atoms in total. The summed E-state index contributed by atoms with van der Waals surface area (Å²) in [5.74, 6) is 0.707. The van der Waals surface area contributed by atoms with Crippen molar-refractivity contribution in [1.82, 2.24) is 0 Å². The molecule has 2 unspecified atom stereocenters. The minimum absolute atomic E-state index is 0.115. The zero-order chi connectivity index (χ0) is 8.84. The van der Waals surface area contributed by atoms with Crippen LogP contribution in [0.15, 0.2) is 24.3 Å². The average Bonchev–Trinajstić information content (AvgIpc) is 2.67. The number of para-hydroxylation sites is 1. The summed E-state index contributed by atoms with van der Waals surface area (Å²) in [4.78, 5) is 11.2. The van der Waals surface area contributed by atoms with E-state index in [-0.39, 0.29) is 11.9 Å². The summed E-state index contributed by atoms with van der Waals surface area (Å²) in [6.07, 6.45) is -0.391. The SMILES string of the molecule is O=C1OCC2c3ccccc3OC12. The highest BCUT2D eigenvalue weighted by Gasteiger charge is 2.45. The smallest absolute Gasteiger partial charge is 0.348 e. The van der Waals surface area contributed by atoms with Gasteiger partial charge >= 0.3 is 5.97 Å². The zero-order valence-corrected chi connectivity index (χ0v) is 6.90. The fourth-order valence-electron chi connectivity index (χ4n) is 1.92.